The molecule has 5 nitrogen and oxygen atoms in total. The van der Waals surface area contributed by atoms with Crippen LogP contribution in [-0.2, 0) is 6.42 Å². The van der Waals surface area contributed by atoms with E-state index in [-0.39, 0.29) is 5.91 Å². The third-order valence-electron chi connectivity index (χ3n) is 3.06. The SMILES string of the molecule is CCc1cc(C#CCN)ccc1NC(=O)c1cnoc1C. The molecule has 0 radical (unpaired) electrons. The lowest BCUT2D eigenvalue weighted by molar-refractivity contribution is 0.102. The number of nitrogens with one attached hydrogen (secondary N) is 1. The van der Waals surface area contributed by atoms with Crippen LogP contribution in [0.4, 0.5) is 5.69 Å². The Morgan fingerprint density at radius 3 is 2.90 bits per heavy atom. The van der Waals surface area contributed by atoms with E-state index >= 15 is 0 Å². The molecule has 2 aromatic rings. The minimum Gasteiger partial charge on any atom is -0.361 e. The number of anilines is 1. The topological polar surface area (TPSA) is 81.1 Å². The molecule has 2 rings (SSSR count). The van der Waals surface area contributed by atoms with Crippen LogP contribution in [0.25, 0.3) is 0 Å². The van der Waals surface area contributed by atoms with Gasteiger partial charge in [0.15, 0.2) is 0 Å². The molecule has 0 aliphatic rings. The number of hydrogen-bond donors (Lipinski definition) is 2. The average molecular weight is 283 g/mol. The van der Waals surface area contributed by atoms with Crippen molar-refractivity contribution in [1.29, 1.82) is 0 Å². The highest BCUT2D eigenvalue weighted by Crippen LogP contribution is 2.19. The van der Waals surface area contributed by atoms with Crippen molar-refractivity contribution in [1.82, 2.24) is 5.16 Å². The van der Waals surface area contributed by atoms with Gasteiger partial charge in [-0.1, -0.05) is 23.9 Å². The van der Waals surface area contributed by atoms with E-state index in [2.05, 4.69) is 22.3 Å². The van der Waals surface area contributed by atoms with Gasteiger partial charge in [0.25, 0.3) is 5.91 Å². The molecule has 0 saturated carbocycles. The fourth-order valence-corrected chi connectivity index (χ4v) is 1.95. The summed E-state index contributed by atoms with van der Waals surface area (Å²) in [6.45, 7) is 4.05. The van der Waals surface area contributed by atoms with Crippen molar-refractivity contribution in [3.8, 4) is 11.8 Å². The van der Waals surface area contributed by atoms with E-state index in [4.69, 9.17) is 10.3 Å². The maximum absolute atomic E-state index is 12.2. The van der Waals surface area contributed by atoms with Crippen LogP contribution in [-0.4, -0.2) is 17.6 Å². The number of nitrogens with two attached hydrogens (primary N) is 1. The van der Waals surface area contributed by atoms with Crippen molar-refractivity contribution in [2.75, 3.05) is 11.9 Å². The van der Waals surface area contributed by atoms with Crippen molar-refractivity contribution >= 4 is 11.6 Å². The Labute approximate surface area is 123 Å². The Balaban J connectivity index is 2.24. The maximum atomic E-state index is 12.2. The summed E-state index contributed by atoms with van der Waals surface area (Å²) in [7, 11) is 0. The van der Waals surface area contributed by atoms with Crippen LogP contribution >= 0.6 is 0 Å². The molecule has 0 aliphatic heterocycles. The quantitative estimate of drug-likeness (QED) is 0.845. The van der Waals surface area contributed by atoms with Gasteiger partial charge in [-0.05, 0) is 37.1 Å². The first-order valence-corrected chi connectivity index (χ1v) is 6.70. The zero-order valence-electron chi connectivity index (χ0n) is 12.1. The summed E-state index contributed by atoms with van der Waals surface area (Å²) in [5.41, 5.74) is 8.47. The van der Waals surface area contributed by atoms with E-state index in [1.54, 1.807) is 6.92 Å². The second-order valence-electron chi connectivity index (χ2n) is 4.48. The molecule has 0 saturated heterocycles. The van der Waals surface area contributed by atoms with Gasteiger partial charge in [0.2, 0.25) is 0 Å². The van der Waals surface area contributed by atoms with Gasteiger partial charge in [0.1, 0.15) is 11.3 Å². The molecular weight excluding hydrogens is 266 g/mol. The monoisotopic (exact) mass is 283 g/mol. The number of aryl methyl sites for hydroxylation is 2. The minimum absolute atomic E-state index is 0.232. The van der Waals surface area contributed by atoms with Gasteiger partial charge in [-0.25, -0.2) is 0 Å². The highest BCUT2D eigenvalue weighted by molar-refractivity contribution is 6.05. The third-order valence-corrected chi connectivity index (χ3v) is 3.06. The van der Waals surface area contributed by atoms with E-state index < -0.39 is 0 Å². The van der Waals surface area contributed by atoms with Crippen molar-refractivity contribution in [3.63, 3.8) is 0 Å². The van der Waals surface area contributed by atoms with Crippen molar-refractivity contribution in [3.05, 3.63) is 46.8 Å². The summed E-state index contributed by atoms with van der Waals surface area (Å²) in [5.74, 6) is 6.06. The number of nitrogens with zero attached hydrogens (tertiary/aromatic N) is 1. The second kappa shape index (κ2) is 6.73. The molecule has 0 aliphatic carbocycles. The Hall–Kier alpha value is -2.58. The molecule has 1 aromatic carbocycles. The lowest BCUT2D eigenvalue weighted by atomic mass is 10.1. The first-order chi connectivity index (χ1) is 10.2. The van der Waals surface area contributed by atoms with Crippen LogP contribution < -0.4 is 11.1 Å². The molecule has 3 N–H and O–H groups in total. The normalized spacial score (nSPS) is 9.86. The van der Waals surface area contributed by atoms with Crippen molar-refractivity contribution in [2.24, 2.45) is 5.73 Å². The van der Waals surface area contributed by atoms with Crippen LogP contribution in [0.1, 0.15) is 34.2 Å². The van der Waals surface area contributed by atoms with E-state index in [9.17, 15) is 4.79 Å². The van der Waals surface area contributed by atoms with Crippen LogP contribution in [0, 0.1) is 18.8 Å². The molecule has 0 unspecified atom stereocenters. The van der Waals surface area contributed by atoms with Gasteiger partial charge >= 0.3 is 0 Å². The van der Waals surface area contributed by atoms with E-state index in [0.717, 1.165) is 23.2 Å². The highest BCUT2D eigenvalue weighted by Gasteiger charge is 2.14. The molecule has 0 fully saturated rings. The summed E-state index contributed by atoms with van der Waals surface area (Å²) in [4.78, 5) is 12.2. The Morgan fingerprint density at radius 1 is 1.48 bits per heavy atom. The molecule has 108 valence electrons. The van der Waals surface area contributed by atoms with Gasteiger partial charge in [0.05, 0.1) is 12.7 Å². The fraction of sp³-hybridized carbons (Fsp3) is 0.250. The predicted molar refractivity (Wildman–Crippen MR) is 80.9 cm³/mol. The zero-order chi connectivity index (χ0) is 15.2. The Morgan fingerprint density at radius 2 is 2.29 bits per heavy atom. The maximum Gasteiger partial charge on any atom is 0.260 e. The third kappa shape index (κ3) is 3.50. The van der Waals surface area contributed by atoms with Crippen molar-refractivity contribution in [2.45, 2.75) is 20.3 Å². The largest absolute Gasteiger partial charge is 0.361 e. The van der Waals surface area contributed by atoms with Gasteiger partial charge < -0.3 is 15.6 Å². The van der Waals surface area contributed by atoms with Crippen LogP contribution in [0.5, 0.6) is 0 Å². The van der Waals surface area contributed by atoms with Gasteiger partial charge in [0, 0.05) is 11.3 Å². The zero-order valence-corrected chi connectivity index (χ0v) is 12.1. The molecular formula is C16H17N3O2. The molecule has 0 atom stereocenters. The number of benzene rings is 1. The number of hydrogen-bond acceptors (Lipinski definition) is 4. The van der Waals surface area contributed by atoms with E-state index in [0.29, 0.717) is 17.9 Å². The molecule has 1 amide bonds. The van der Waals surface area contributed by atoms with Crippen LogP contribution in [0.3, 0.4) is 0 Å². The van der Waals surface area contributed by atoms with Crippen molar-refractivity contribution < 1.29 is 9.32 Å². The second-order valence-corrected chi connectivity index (χ2v) is 4.48. The molecule has 1 heterocycles. The number of rotatable bonds is 3. The summed E-state index contributed by atoms with van der Waals surface area (Å²) in [6.07, 6.45) is 2.20. The van der Waals surface area contributed by atoms with Gasteiger partial charge in [-0.3, -0.25) is 4.79 Å². The molecule has 0 spiro atoms. The molecule has 21 heavy (non-hydrogen) atoms. The first-order valence-electron chi connectivity index (χ1n) is 6.70. The summed E-state index contributed by atoms with van der Waals surface area (Å²) >= 11 is 0. The summed E-state index contributed by atoms with van der Waals surface area (Å²) < 4.78 is 4.90. The van der Waals surface area contributed by atoms with Crippen LogP contribution in [0.15, 0.2) is 28.9 Å². The number of carbonyl (C=O) groups excluding carboxylic acids is 1. The fourth-order valence-electron chi connectivity index (χ4n) is 1.95. The molecule has 0 bridgehead atoms. The number of carbonyl (C=O) groups is 1. The van der Waals surface area contributed by atoms with Gasteiger partial charge in [-0.15, -0.1) is 0 Å². The summed E-state index contributed by atoms with van der Waals surface area (Å²) in [6, 6.07) is 5.66. The minimum atomic E-state index is -0.232. The lowest BCUT2D eigenvalue weighted by Crippen LogP contribution is -2.13. The highest BCUT2D eigenvalue weighted by atomic mass is 16.5. The van der Waals surface area contributed by atoms with E-state index in [1.165, 1.54) is 6.20 Å². The summed E-state index contributed by atoms with van der Waals surface area (Å²) in [5, 5.41) is 6.49. The Bertz CT molecular complexity index is 708. The number of amides is 1. The lowest BCUT2D eigenvalue weighted by Gasteiger charge is -2.10. The first kappa shape index (κ1) is 14.8. The van der Waals surface area contributed by atoms with E-state index in [1.807, 2.05) is 25.1 Å². The average Bonchev–Trinajstić information content (AvgIpc) is 2.92. The molecule has 5 heteroatoms. The standard InChI is InChI=1S/C16H17N3O2/c1-3-13-9-12(5-4-8-17)6-7-15(13)19-16(20)14-10-18-21-11(14)2/h6-7,9-10H,3,8,17H2,1-2H3,(H,19,20). The predicted octanol–water partition coefficient (Wildman–Crippen LogP) is 2.11. The van der Waals surface area contributed by atoms with Crippen LogP contribution in [0.2, 0.25) is 0 Å². The Kier molecular flexibility index (Phi) is 4.75. The molecule has 1 aromatic heterocycles. The number of aromatic nitrogens is 1. The van der Waals surface area contributed by atoms with Gasteiger partial charge in [-0.2, -0.15) is 0 Å². The smallest absolute Gasteiger partial charge is 0.260 e.